The standard InChI is InChI=1S/C14H18IN3O2/c1-10(13(16)19)17-6-8-18(9-7-17)14(20)11-2-4-12(15)5-3-11/h2-5,10H,6-9H2,1H3,(H2,16,19). The van der Waals surface area contributed by atoms with Crippen LogP contribution >= 0.6 is 22.6 Å². The van der Waals surface area contributed by atoms with E-state index in [4.69, 9.17) is 5.73 Å². The van der Waals surface area contributed by atoms with Crippen molar-refractivity contribution in [2.75, 3.05) is 26.2 Å². The molecule has 0 aliphatic carbocycles. The second kappa shape index (κ2) is 6.53. The van der Waals surface area contributed by atoms with Crippen LogP contribution in [0.5, 0.6) is 0 Å². The topological polar surface area (TPSA) is 66.6 Å². The lowest BCUT2D eigenvalue weighted by Gasteiger charge is -2.37. The van der Waals surface area contributed by atoms with E-state index < -0.39 is 0 Å². The Balaban J connectivity index is 1.95. The lowest BCUT2D eigenvalue weighted by molar-refractivity contribution is -0.123. The molecule has 1 unspecified atom stereocenters. The fourth-order valence-corrected chi connectivity index (χ4v) is 2.63. The van der Waals surface area contributed by atoms with Gasteiger partial charge in [-0.15, -0.1) is 0 Å². The molecule has 20 heavy (non-hydrogen) atoms. The smallest absolute Gasteiger partial charge is 0.253 e. The van der Waals surface area contributed by atoms with Gasteiger partial charge in [0, 0.05) is 35.3 Å². The minimum Gasteiger partial charge on any atom is -0.368 e. The van der Waals surface area contributed by atoms with Gasteiger partial charge in [0.05, 0.1) is 6.04 Å². The summed E-state index contributed by atoms with van der Waals surface area (Å²) in [5.41, 5.74) is 6.01. The molecule has 0 spiro atoms. The third-order valence-corrected chi connectivity index (χ3v) is 4.37. The Morgan fingerprint density at radius 3 is 2.20 bits per heavy atom. The zero-order valence-electron chi connectivity index (χ0n) is 11.4. The summed E-state index contributed by atoms with van der Waals surface area (Å²) in [6.45, 7) is 4.42. The maximum atomic E-state index is 12.3. The molecule has 5 nitrogen and oxygen atoms in total. The van der Waals surface area contributed by atoms with Gasteiger partial charge in [0.1, 0.15) is 0 Å². The molecule has 2 amide bonds. The van der Waals surface area contributed by atoms with Crippen LogP contribution in [0, 0.1) is 3.57 Å². The quantitative estimate of drug-likeness (QED) is 0.785. The van der Waals surface area contributed by atoms with Gasteiger partial charge < -0.3 is 10.6 Å². The van der Waals surface area contributed by atoms with Crippen molar-refractivity contribution in [1.29, 1.82) is 0 Å². The van der Waals surface area contributed by atoms with Crippen LogP contribution in [0.1, 0.15) is 17.3 Å². The number of rotatable bonds is 3. The normalized spacial score (nSPS) is 17.8. The maximum absolute atomic E-state index is 12.3. The highest BCUT2D eigenvalue weighted by atomic mass is 127. The van der Waals surface area contributed by atoms with Gasteiger partial charge in [-0.05, 0) is 53.8 Å². The Labute approximate surface area is 132 Å². The van der Waals surface area contributed by atoms with E-state index in [1.165, 1.54) is 0 Å². The molecule has 1 aliphatic heterocycles. The van der Waals surface area contributed by atoms with Crippen LogP contribution in [0.4, 0.5) is 0 Å². The second-order valence-corrected chi connectivity index (χ2v) is 6.16. The van der Waals surface area contributed by atoms with Gasteiger partial charge in [0.2, 0.25) is 5.91 Å². The molecular formula is C14H18IN3O2. The van der Waals surface area contributed by atoms with Gasteiger partial charge in [-0.25, -0.2) is 0 Å². The molecule has 0 bridgehead atoms. The molecule has 1 aromatic carbocycles. The van der Waals surface area contributed by atoms with E-state index in [0.717, 1.165) is 3.57 Å². The van der Waals surface area contributed by atoms with E-state index in [1.807, 2.05) is 34.1 Å². The Kier molecular flexibility index (Phi) is 4.98. The third-order valence-electron chi connectivity index (χ3n) is 3.65. The van der Waals surface area contributed by atoms with Crippen LogP contribution < -0.4 is 5.73 Å². The van der Waals surface area contributed by atoms with Crippen molar-refractivity contribution < 1.29 is 9.59 Å². The summed E-state index contributed by atoms with van der Waals surface area (Å²) in [5.74, 6) is -0.268. The van der Waals surface area contributed by atoms with Crippen LogP contribution in [-0.4, -0.2) is 53.8 Å². The van der Waals surface area contributed by atoms with E-state index >= 15 is 0 Å². The minimum absolute atomic E-state index is 0.0489. The molecule has 2 rings (SSSR count). The number of hydrogen-bond donors (Lipinski definition) is 1. The SMILES string of the molecule is CC(C(N)=O)N1CCN(C(=O)c2ccc(I)cc2)CC1. The van der Waals surface area contributed by atoms with Crippen molar-refractivity contribution >= 4 is 34.4 Å². The summed E-state index contributed by atoms with van der Waals surface area (Å²) >= 11 is 2.21. The number of carbonyl (C=O) groups excluding carboxylic acids is 2. The van der Waals surface area contributed by atoms with Crippen molar-refractivity contribution in [1.82, 2.24) is 9.80 Å². The van der Waals surface area contributed by atoms with Crippen LogP contribution in [0.2, 0.25) is 0 Å². The molecule has 108 valence electrons. The zero-order chi connectivity index (χ0) is 14.7. The first-order valence-corrected chi connectivity index (χ1v) is 7.65. The summed E-state index contributed by atoms with van der Waals surface area (Å²) in [6.07, 6.45) is 0. The molecule has 1 saturated heterocycles. The van der Waals surface area contributed by atoms with Crippen molar-refractivity contribution in [2.45, 2.75) is 13.0 Å². The van der Waals surface area contributed by atoms with E-state index in [9.17, 15) is 9.59 Å². The molecule has 2 N–H and O–H groups in total. The van der Waals surface area contributed by atoms with Crippen LogP contribution in [0.25, 0.3) is 0 Å². The van der Waals surface area contributed by atoms with Gasteiger partial charge in [0.25, 0.3) is 5.91 Å². The van der Waals surface area contributed by atoms with Gasteiger partial charge >= 0.3 is 0 Å². The number of piperazine rings is 1. The van der Waals surface area contributed by atoms with Crippen molar-refractivity contribution in [3.05, 3.63) is 33.4 Å². The van der Waals surface area contributed by atoms with E-state index in [0.29, 0.717) is 31.7 Å². The monoisotopic (exact) mass is 387 g/mol. The van der Waals surface area contributed by atoms with Crippen LogP contribution in [0.3, 0.4) is 0 Å². The molecule has 0 saturated carbocycles. The van der Waals surface area contributed by atoms with E-state index in [2.05, 4.69) is 22.6 Å². The third kappa shape index (κ3) is 3.49. The maximum Gasteiger partial charge on any atom is 0.253 e. The summed E-state index contributed by atoms with van der Waals surface area (Å²) in [7, 11) is 0. The first-order chi connectivity index (χ1) is 9.49. The fourth-order valence-electron chi connectivity index (χ4n) is 2.27. The van der Waals surface area contributed by atoms with Crippen LogP contribution in [-0.2, 0) is 4.79 Å². The molecule has 1 heterocycles. The molecule has 0 radical (unpaired) electrons. The van der Waals surface area contributed by atoms with E-state index in [-0.39, 0.29) is 17.9 Å². The van der Waals surface area contributed by atoms with Gasteiger partial charge in [0.15, 0.2) is 0 Å². The summed E-state index contributed by atoms with van der Waals surface area (Å²) < 4.78 is 1.11. The largest absolute Gasteiger partial charge is 0.368 e. The predicted octanol–water partition coefficient (Wildman–Crippen LogP) is 0.923. The van der Waals surface area contributed by atoms with Gasteiger partial charge in [-0.3, -0.25) is 14.5 Å². The number of benzene rings is 1. The molecule has 0 aromatic heterocycles. The van der Waals surface area contributed by atoms with E-state index in [1.54, 1.807) is 6.92 Å². The highest BCUT2D eigenvalue weighted by Gasteiger charge is 2.26. The van der Waals surface area contributed by atoms with Crippen molar-refractivity contribution in [3.63, 3.8) is 0 Å². The second-order valence-electron chi connectivity index (χ2n) is 4.91. The first-order valence-electron chi connectivity index (χ1n) is 6.57. The first kappa shape index (κ1) is 15.2. The molecule has 6 heteroatoms. The van der Waals surface area contributed by atoms with Crippen molar-refractivity contribution in [3.8, 4) is 0 Å². The fraction of sp³-hybridized carbons (Fsp3) is 0.429. The Hall–Kier alpha value is -1.15. The molecule has 1 atom stereocenters. The number of halogens is 1. The Morgan fingerprint density at radius 2 is 1.70 bits per heavy atom. The number of nitrogens with two attached hydrogens (primary N) is 1. The summed E-state index contributed by atoms with van der Waals surface area (Å²) in [5, 5.41) is 0. The Morgan fingerprint density at radius 1 is 1.15 bits per heavy atom. The molecule has 1 aromatic rings. The number of hydrogen-bond acceptors (Lipinski definition) is 3. The highest BCUT2D eigenvalue weighted by Crippen LogP contribution is 2.12. The molecule has 1 fully saturated rings. The number of amides is 2. The van der Waals surface area contributed by atoms with Crippen LogP contribution in [0.15, 0.2) is 24.3 Å². The molecule has 1 aliphatic rings. The number of primary amides is 1. The number of nitrogens with zero attached hydrogens (tertiary/aromatic N) is 2. The Bertz CT molecular complexity index is 496. The average molecular weight is 387 g/mol. The van der Waals surface area contributed by atoms with Gasteiger partial charge in [-0.2, -0.15) is 0 Å². The summed E-state index contributed by atoms with van der Waals surface area (Å²) in [4.78, 5) is 27.3. The highest BCUT2D eigenvalue weighted by molar-refractivity contribution is 14.1. The summed E-state index contributed by atoms with van der Waals surface area (Å²) in [6, 6.07) is 7.29. The lowest BCUT2D eigenvalue weighted by atomic mass is 10.1. The van der Waals surface area contributed by atoms with Gasteiger partial charge in [-0.1, -0.05) is 0 Å². The average Bonchev–Trinajstić information content (AvgIpc) is 2.46. The molecular weight excluding hydrogens is 369 g/mol. The zero-order valence-corrected chi connectivity index (χ0v) is 13.5. The number of carbonyl (C=O) groups is 2. The van der Waals surface area contributed by atoms with Crippen molar-refractivity contribution in [2.24, 2.45) is 5.73 Å². The minimum atomic E-state index is -0.317. The lowest BCUT2D eigenvalue weighted by Crippen LogP contribution is -2.54. The predicted molar refractivity (Wildman–Crippen MR) is 85.3 cm³/mol.